The van der Waals surface area contributed by atoms with Gasteiger partial charge in [0.1, 0.15) is 29.4 Å². The van der Waals surface area contributed by atoms with Crippen molar-refractivity contribution in [3.8, 4) is 11.5 Å². The molecule has 204 valence electrons. The topological polar surface area (TPSA) is 117 Å². The number of anilines is 1. The summed E-state index contributed by atoms with van der Waals surface area (Å²) in [6.07, 6.45) is 1.17. The highest BCUT2D eigenvalue weighted by Gasteiger charge is 2.32. The lowest BCUT2D eigenvalue weighted by Crippen LogP contribution is -2.51. The molecular weight excluding hydrogens is 505 g/mol. The molecule has 9 nitrogen and oxygen atoms in total. The zero-order valence-electron chi connectivity index (χ0n) is 21.2. The Kier molecular flexibility index (Phi) is 9.60. The van der Waals surface area contributed by atoms with Crippen molar-refractivity contribution in [2.24, 2.45) is 0 Å². The number of carbonyl (C=O) groups excluding carboxylic acids is 2. The predicted octanol–water partition coefficient (Wildman–Crippen LogP) is 3.81. The first-order chi connectivity index (χ1) is 18.9. The van der Waals surface area contributed by atoms with Crippen LogP contribution in [-0.4, -0.2) is 59.6 Å². The van der Waals surface area contributed by atoms with Gasteiger partial charge in [0.2, 0.25) is 11.8 Å². The summed E-state index contributed by atoms with van der Waals surface area (Å²) in [6.45, 7) is 0.538. The number of carboxylic acid groups (broad SMARTS) is 1. The van der Waals surface area contributed by atoms with E-state index in [0.29, 0.717) is 36.6 Å². The number of halogens is 1. The molecule has 0 aliphatic carbocycles. The molecule has 1 aliphatic heterocycles. The lowest BCUT2D eigenvalue weighted by molar-refractivity contribution is -0.142. The second-order valence-electron chi connectivity index (χ2n) is 9.16. The summed E-state index contributed by atoms with van der Waals surface area (Å²) in [6, 6.07) is 19.9. The zero-order valence-corrected chi connectivity index (χ0v) is 21.2. The van der Waals surface area contributed by atoms with Gasteiger partial charge in [-0.2, -0.15) is 0 Å². The number of benzene rings is 3. The van der Waals surface area contributed by atoms with Crippen molar-refractivity contribution in [1.29, 1.82) is 0 Å². The Labute approximate surface area is 225 Å². The highest BCUT2D eigenvalue weighted by atomic mass is 19.1. The minimum atomic E-state index is -1.01. The third kappa shape index (κ3) is 8.36. The fourth-order valence-corrected chi connectivity index (χ4v) is 4.25. The molecule has 0 aromatic heterocycles. The summed E-state index contributed by atoms with van der Waals surface area (Å²) < 4.78 is 24.5. The van der Waals surface area contributed by atoms with Crippen molar-refractivity contribution in [1.82, 2.24) is 10.2 Å². The molecule has 0 spiro atoms. The Balaban J connectivity index is 1.37. The molecule has 4 rings (SSSR count). The van der Waals surface area contributed by atoms with Crippen molar-refractivity contribution in [3.63, 3.8) is 0 Å². The zero-order chi connectivity index (χ0) is 27.6. The summed E-state index contributed by atoms with van der Waals surface area (Å²) in [4.78, 5) is 39.0. The van der Waals surface area contributed by atoms with Gasteiger partial charge in [-0.25, -0.2) is 4.39 Å². The van der Waals surface area contributed by atoms with Crippen molar-refractivity contribution in [2.75, 3.05) is 25.0 Å². The minimum Gasteiger partial charge on any atom is -0.480 e. The van der Waals surface area contributed by atoms with Crippen LogP contribution in [0.3, 0.4) is 0 Å². The van der Waals surface area contributed by atoms with Gasteiger partial charge in [-0.15, -0.1) is 0 Å². The average molecular weight is 536 g/mol. The monoisotopic (exact) mass is 535 g/mol. The number of hydrogen-bond acceptors (Lipinski definition) is 6. The van der Waals surface area contributed by atoms with E-state index in [4.69, 9.17) is 9.47 Å². The van der Waals surface area contributed by atoms with E-state index in [2.05, 4.69) is 10.6 Å². The molecule has 10 heteroatoms. The van der Waals surface area contributed by atoms with E-state index in [1.165, 1.54) is 24.3 Å². The Bertz CT molecular complexity index is 1250. The first kappa shape index (κ1) is 27.7. The van der Waals surface area contributed by atoms with Gasteiger partial charge in [0.25, 0.3) is 0 Å². The minimum absolute atomic E-state index is 0.0827. The summed E-state index contributed by atoms with van der Waals surface area (Å²) in [5, 5.41) is 14.8. The summed E-state index contributed by atoms with van der Waals surface area (Å²) >= 11 is 0. The van der Waals surface area contributed by atoms with E-state index in [1.54, 1.807) is 29.2 Å². The van der Waals surface area contributed by atoms with Crippen LogP contribution >= 0.6 is 0 Å². The van der Waals surface area contributed by atoms with Crippen molar-refractivity contribution in [2.45, 2.75) is 31.5 Å². The van der Waals surface area contributed by atoms with Crippen LogP contribution in [0.5, 0.6) is 11.5 Å². The summed E-state index contributed by atoms with van der Waals surface area (Å²) in [5.41, 5.74) is 1.39. The molecule has 2 atom stereocenters. The SMILES string of the molecule is O=C(CN1CCCC1C(=O)O)NC(COCc1ccccc1)C(=O)Nc1ccc(Oc2ccc(F)cc2)cc1. The molecule has 39 heavy (non-hydrogen) atoms. The summed E-state index contributed by atoms with van der Waals surface area (Å²) in [7, 11) is 0. The Morgan fingerprint density at radius 2 is 1.64 bits per heavy atom. The van der Waals surface area contributed by atoms with Gasteiger partial charge in [-0.3, -0.25) is 19.3 Å². The molecule has 2 amide bonds. The number of nitrogens with zero attached hydrogens (tertiary/aromatic N) is 1. The number of carbonyl (C=O) groups is 3. The number of aliphatic carboxylic acids is 1. The number of carboxylic acids is 1. The maximum atomic E-state index is 13.1. The maximum Gasteiger partial charge on any atom is 0.320 e. The molecule has 3 aromatic carbocycles. The quantitative estimate of drug-likeness (QED) is 0.323. The molecule has 3 aromatic rings. The van der Waals surface area contributed by atoms with E-state index in [0.717, 1.165) is 5.56 Å². The van der Waals surface area contributed by atoms with E-state index >= 15 is 0 Å². The molecule has 1 aliphatic rings. The summed E-state index contributed by atoms with van der Waals surface area (Å²) in [5.74, 6) is -1.32. The highest BCUT2D eigenvalue weighted by Crippen LogP contribution is 2.23. The second-order valence-corrected chi connectivity index (χ2v) is 9.16. The van der Waals surface area contributed by atoms with Crippen molar-refractivity contribution < 1.29 is 33.4 Å². The van der Waals surface area contributed by atoms with E-state index in [9.17, 15) is 23.9 Å². The van der Waals surface area contributed by atoms with E-state index in [1.807, 2.05) is 30.3 Å². The van der Waals surface area contributed by atoms with Crippen LogP contribution in [-0.2, 0) is 25.7 Å². The second kappa shape index (κ2) is 13.5. The fraction of sp³-hybridized carbons (Fsp3) is 0.276. The number of rotatable bonds is 12. The largest absolute Gasteiger partial charge is 0.480 e. The molecular formula is C29H30FN3O6. The van der Waals surface area contributed by atoms with Gasteiger partial charge < -0.3 is 25.2 Å². The fourth-order valence-electron chi connectivity index (χ4n) is 4.25. The smallest absolute Gasteiger partial charge is 0.320 e. The van der Waals surface area contributed by atoms with Crippen LogP contribution in [0.25, 0.3) is 0 Å². The first-order valence-electron chi connectivity index (χ1n) is 12.6. The molecule has 2 unspecified atom stereocenters. The van der Waals surface area contributed by atoms with Gasteiger partial charge in [-0.1, -0.05) is 30.3 Å². The predicted molar refractivity (Wildman–Crippen MR) is 142 cm³/mol. The van der Waals surface area contributed by atoms with Crippen LogP contribution in [0, 0.1) is 5.82 Å². The Hall–Kier alpha value is -4.28. The van der Waals surface area contributed by atoms with Gasteiger partial charge in [-0.05, 0) is 73.5 Å². The molecule has 0 radical (unpaired) electrons. The molecule has 0 saturated carbocycles. The molecule has 1 fully saturated rings. The van der Waals surface area contributed by atoms with Crippen LogP contribution in [0.15, 0.2) is 78.9 Å². The molecule has 3 N–H and O–H groups in total. The van der Waals surface area contributed by atoms with Crippen molar-refractivity contribution in [3.05, 3.63) is 90.2 Å². The van der Waals surface area contributed by atoms with Gasteiger partial charge in [0.05, 0.1) is 19.8 Å². The third-order valence-corrected chi connectivity index (χ3v) is 6.21. The molecule has 1 heterocycles. The van der Waals surface area contributed by atoms with E-state index in [-0.39, 0.29) is 25.6 Å². The number of hydrogen-bond donors (Lipinski definition) is 3. The van der Waals surface area contributed by atoms with Crippen molar-refractivity contribution >= 4 is 23.5 Å². The van der Waals surface area contributed by atoms with Crippen LogP contribution in [0.4, 0.5) is 10.1 Å². The number of amides is 2. The number of nitrogens with one attached hydrogen (secondary N) is 2. The number of likely N-dealkylation sites (tertiary alicyclic amines) is 1. The normalized spacial score (nSPS) is 15.9. The highest BCUT2D eigenvalue weighted by molar-refractivity contribution is 5.97. The van der Waals surface area contributed by atoms with E-state index < -0.39 is 29.9 Å². The third-order valence-electron chi connectivity index (χ3n) is 6.21. The van der Waals surface area contributed by atoms with Gasteiger partial charge >= 0.3 is 5.97 Å². The molecule has 0 bridgehead atoms. The lowest BCUT2D eigenvalue weighted by Gasteiger charge is -2.23. The number of ether oxygens (including phenoxy) is 2. The maximum absolute atomic E-state index is 13.1. The van der Waals surface area contributed by atoms with Crippen LogP contribution in [0.1, 0.15) is 18.4 Å². The lowest BCUT2D eigenvalue weighted by atomic mass is 10.2. The Morgan fingerprint density at radius 1 is 0.974 bits per heavy atom. The van der Waals surface area contributed by atoms with Crippen LogP contribution < -0.4 is 15.4 Å². The Morgan fingerprint density at radius 3 is 2.31 bits per heavy atom. The molecule has 1 saturated heterocycles. The first-order valence-corrected chi connectivity index (χ1v) is 12.6. The van der Waals surface area contributed by atoms with Gasteiger partial charge in [0.15, 0.2) is 0 Å². The standard InChI is InChI=1S/C29H30FN3O6/c30-21-8-12-23(13-9-21)39-24-14-10-22(11-15-24)31-28(35)25(19-38-18-20-5-2-1-3-6-20)32-27(34)17-33-16-4-7-26(33)29(36)37/h1-3,5-6,8-15,25-26H,4,7,16-19H2,(H,31,35)(H,32,34)(H,36,37). The van der Waals surface area contributed by atoms with Gasteiger partial charge in [0, 0.05) is 5.69 Å². The van der Waals surface area contributed by atoms with Crippen LogP contribution in [0.2, 0.25) is 0 Å². The average Bonchev–Trinajstić information content (AvgIpc) is 3.39.